The summed E-state index contributed by atoms with van der Waals surface area (Å²) in [5.41, 5.74) is 3.93. The number of nitrogens with one attached hydrogen (secondary N) is 7. The Morgan fingerprint density at radius 1 is 0.433 bits per heavy atom. The smallest absolute Gasteiger partial charge is 0.411 e. The molecule has 6 heterocycles. The summed E-state index contributed by atoms with van der Waals surface area (Å²) in [5, 5.41) is 45.2. The van der Waals surface area contributed by atoms with E-state index in [-0.39, 0.29) is 158 Å². The van der Waals surface area contributed by atoms with E-state index in [0.29, 0.717) is 83.8 Å². The van der Waals surface area contributed by atoms with Crippen molar-refractivity contribution in [1.82, 2.24) is 45.8 Å². The van der Waals surface area contributed by atoms with Gasteiger partial charge in [0, 0.05) is 90.5 Å². The molecule has 3 fully saturated rings. The molecule has 674 valence electrons. The highest BCUT2D eigenvalue weighted by Crippen LogP contribution is 2.38. The number of carbonyl (C=O) groups is 18. The second-order valence-corrected chi connectivity index (χ2v) is 37.3. The molecular weight excluding hydrogens is 1770 g/mol. The first kappa shape index (κ1) is 98.7. The zero-order valence-electron chi connectivity index (χ0n) is 69.0. The summed E-state index contributed by atoms with van der Waals surface area (Å²) in [6.45, 7) is 15.3. The van der Waals surface area contributed by atoms with Crippen LogP contribution in [0.15, 0.2) is 152 Å². The minimum absolute atomic E-state index is 0.000420. The van der Waals surface area contributed by atoms with Crippen LogP contribution in [-0.2, 0) is 70.5 Å². The maximum atomic E-state index is 13.2. The highest BCUT2D eigenvalue weighted by Gasteiger charge is 2.49. The number of hydrogen-bond acceptors (Lipinski definition) is 27. The minimum Gasteiger partial charge on any atom is -0.481 e. The number of carboxylic acid groups (broad SMARTS) is 3. The number of carbonyl (C=O) groups excluding carboxylic acids is 15. The van der Waals surface area contributed by atoms with Gasteiger partial charge < -0.3 is 60.6 Å². The number of rotatable bonds is 40. The maximum absolute atomic E-state index is 13.2. The third-order valence-electron chi connectivity index (χ3n) is 19.5. The second-order valence-electron chi connectivity index (χ2n) is 29.2. The number of ether oxygens (including phenoxy) is 3. The number of piperidine rings is 3. The topological polar surface area (TPSA) is 496 Å². The van der Waals surface area contributed by atoms with Crippen LogP contribution in [0, 0.1) is 5.92 Å². The van der Waals surface area contributed by atoms with Gasteiger partial charge in [0.2, 0.25) is 35.4 Å². The SMILES string of the molecule is C=C1CCC(N2C(=O)c3cccc(NC(=O)OCCSSCCC(=O)N(CC(=O)O)Cc4ccccc4)c3C2=O)C(=O)N1.C=C1CCC(N2C(=O)c3cccc(NC(=O)OCCSSCCC(=O)N(CCC(=O)O)Cc4ccccc4)c3C2=O)C(=O)N1.C=C1CCC(N2C(=O)c3cccc(NC(=O)OCCSSCCC(=O)N[C@@H](CC(C)C)C(=O)O)c3C2=O)C(=O)N1. The van der Waals surface area contributed by atoms with Crippen molar-refractivity contribution in [2.75, 3.05) is 83.4 Å². The lowest BCUT2D eigenvalue weighted by Gasteiger charge is -2.29. The van der Waals surface area contributed by atoms with E-state index in [9.17, 15) is 96.5 Å². The number of nitrogens with zero attached hydrogens (tertiary/aromatic N) is 5. The van der Waals surface area contributed by atoms with Crippen molar-refractivity contribution in [2.24, 2.45) is 5.92 Å². The van der Waals surface area contributed by atoms with E-state index in [2.05, 4.69) is 57.0 Å². The lowest BCUT2D eigenvalue weighted by atomic mass is 10.0. The van der Waals surface area contributed by atoms with E-state index in [4.69, 9.17) is 19.3 Å². The fourth-order valence-electron chi connectivity index (χ4n) is 13.6. The Kier molecular flexibility index (Phi) is 37.7. The van der Waals surface area contributed by atoms with Crippen LogP contribution in [0.2, 0.25) is 0 Å². The van der Waals surface area contributed by atoms with Crippen LogP contribution in [-0.4, -0.2) is 238 Å². The molecule has 11 rings (SSSR count). The first-order valence-electron chi connectivity index (χ1n) is 39.9. The number of amides is 15. The van der Waals surface area contributed by atoms with E-state index in [1.54, 1.807) is 4.90 Å². The van der Waals surface area contributed by atoms with Crippen LogP contribution >= 0.6 is 64.8 Å². The minimum atomic E-state index is -1.08. The number of carboxylic acids is 3. The lowest BCUT2D eigenvalue weighted by Crippen LogP contribution is -2.51. The molecule has 36 nitrogen and oxygen atoms in total. The Hall–Kier alpha value is -12.1. The molecule has 42 heteroatoms. The summed E-state index contributed by atoms with van der Waals surface area (Å²) >= 11 is 0. The van der Waals surface area contributed by atoms with Gasteiger partial charge in [0.05, 0.1) is 56.9 Å². The predicted octanol–water partition coefficient (Wildman–Crippen LogP) is 10.4. The molecule has 0 radical (unpaired) electrons. The van der Waals surface area contributed by atoms with Crippen LogP contribution in [0.1, 0.15) is 158 Å². The first-order chi connectivity index (χ1) is 60.8. The van der Waals surface area contributed by atoms with Gasteiger partial charge in [-0.1, -0.05) is 177 Å². The Balaban J connectivity index is 0.000000216. The van der Waals surface area contributed by atoms with E-state index in [0.717, 1.165) is 25.8 Å². The first-order valence-corrected chi connectivity index (χ1v) is 47.4. The van der Waals surface area contributed by atoms with Crippen molar-refractivity contribution < 1.29 is 116 Å². The van der Waals surface area contributed by atoms with Crippen molar-refractivity contribution in [3.05, 3.63) is 197 Å². The van der Waals surface area contributed by atoms with Crippen LogP contribution in [0.5, 0.6) is 0 Å². The lowest BCUT2D eigenvalue weighted by molar-refractivity contribution is -0.144. The van der Waals surface area contributed by atoms with E-state index < -0.39 is 114 Å². The van der Waals surface area contributed by atoms with Crippen LogP contribution < -0.4 is 37.2 Å². The molecule has 0 aliphatic carbocycles. The van der Waals surface area contributed by atoms with Gasteiger partial charge in [0.15, 0.2) is 0 Å². The molecule has 4 atom stereocenters. The number of imide groups is 3. The molecule has 10 N–H and O–H groups in total. The zero-order valence-corrected chi connectivity index (χ0v) is 73.9. The molecule has 6 aliphatic rings. The normalized spacial score (nSPS) is 16.4. The summed E-state index contributed by atoms with van der Waals surface area (Å²) in [4.78, 5) is 229. The van der Waals surface area contributed by atoms with Gasteiger partial charge >= 0.3 is 36.2 Å². The van der Waals surface area contributed by atoms with Crippen molar-refractivity contribution in [3.8, 4) is 0 Å². The molecule has 0 spiro atoms. The third-order valence-corrected chi connectivity index (χ3v) is 26.6. The number of allylic oxidation sites excluding steroid dienone is 3. The summed E-state index contributed by atoms with van der Waals surface area (Å²) in [6.07, 6.45) is 0.424. The second kappa shape index (κ2) is 48.6. The molecule has 15 amide bonds. The highest BCUT2D eigenvalue weighted by atomic mass is 33.1. The molecule has 6 aliphatic heterocycles. The molecule has 3 unspecified atom stereocenters. The Morgan fingerprint density at radius 2 is 0.772 bits per heavy atom. The third kappa shape index (κ3) is 28.4. The average molecular weight is 1860 g/mol. The fraction of sp³-hybridized carbons (Fsp3) is 0.365. The van der Waals surface area contributed by atoms with Gasteiger partial charge in [0.25, 0.3) is 35.4 Å². The standard InChI is InChI=1S/C30H32N4O8S2.C29H30N4O8S2.C26H32N4O8S2/c1-19-10-11-23(27(38)31-19)34-28(39)21-8-5-9-22(26(21)29(34)40)32-30(41)42-15-17-44-43-16-13-24(35)33(14-12-25(36)37)18-20-6-3-2-4-7-20;1-18-10-11-22(26(37)30-18)33-27(38)20-8-5-9-21(25(20)28(33)39)31-29(40)41-13-15-43-42-14-12-23(34)32(17-24(35)36)16-19-6-3-2-4-7-19;1-14(2)13-18(25(35)36)28-20(31)9-11-39-40-12-10-38-26(37)29-17-6-4-5-16-21(17)24(34)30(23(16)33)19-8-7-15(3)27-22(19)32/h2-9,23H,1,10-18H2,(H,31,38)(H,32,41)(H,36,37);2-9,22H,1,10-17H2,(H,30,37)(H,31,40)(H,35,36);4-6,14,18-19H,3,7-13H2,1-2H3,(H,27,32)(H,28,31)(H,29,37)(H,35,36)/t;;18-,19?/m..0/s1. The summed E-state index contributed by atoms with van der Waals surface area (Å²) in [7, 11) is 8.39. The van der Waals surface area contributed by atoms with Crippen LogP contribution in [0.25, 0.3) is 0 Å². The quantitative estimate of drug-likeness (QED) is 0.00754. The number of anilines is 3. The van der Waals surface area contributed by atoms with Gasteiger partial charge in [-0.25, -0.2) is 19.2 Å². The maximum Gasteiger partial charge on any atom is 0.411 e. The largest absolute Gasteiger partial charge is 0.481 e. The van der Waals surface area contributed by atoms with Gasteiger partial charge in [-0.15, -0.1) is 0 Å². The Labute approximate surface area is 753 Å². The van der Waals surface area contributed by atoms with E-state index in [1.165, 1.54) is 124 Å². The predicted molar refractivity (Wildman–Crippen MR) is 478 cm³/mol. The van der Waals surface area contributed by atoms with Crippen LogP contribution in [0.3, 0.4) is 0 Å². The van der Waals surface area contributed by atoms with Gasteiger partial charge in [0.1, 0.15) is 50.5 Å². The summed E-state index contributed by atoms with van der Waals surface area (Å²) < 4.78 is 15.6. The molecule has 5 aromatic rings. The van der Waals surface area contributed by atoms with Gasteiger partial charge in [-0.05, 0) is 98.4 Å². The highest BCUT2D eigenvalue weighted by molar-refractivity contribution is 8.77. The molecular formula is C85H94N12O24S6. The van der Waals surface area contributed by atoms with Crippen molar-refractivity contribution >= 4 is 189 Å². The van der Waals surface area contributed by atoms with Gasteiger partial charge in [-0.2, -0.15) is 0 Å². The Morgan fingerprint density at radius 3 is 1.10 bits per heavy atom. The van der Waals surface area contributed by atoms with Crippen LogP contribution in [0.4, 0.5) is 31.4 Å². The van der Waals surface area contributed by atoms with E-state index >= 15 is 0 Å². The van der Waals surface area contributed by atoms with E-state index in [1.807, 2.05) is 74.5 Å². The molecule has 3 saturated heterocycles. The van der Waals surface area contributed by atoms with Crippen molar-refractivity contribution in [1.29, 1.82) is 0 Å². The number of hydrogen-bond donors (Lipinski definition) is 10. The molecule has 127 heavy (non-hydrogen) atoms. The molecule has 0 aromatic heterocycles. The monoisotopic (exact) mass is 1860 g/mol. The summed E-state index contributed by atoms with van der Waals surface area (Å²) in [5.74, 6) is -6.35. The van der Waals surface area contributed by atoms with Crippen molar-refractivity contribution in [3.63, 3.8) is 0 Å². The Bertz CT molecular complexity index is 5060. The average Bonchev–Trinajstić information content (AvgIpc) is 1.61. The van der Waals surface area contributed by atoms with Crippen molar-refractivity contribution in [2.45, 2.75) is 122 Å². The molecule has 5 aromatic carbocycles. The number of benzene rings is 5. The molecule has 0 saturated carbocycles. The number of aliphatic carboxylic acids is 3. The fourth-order valence-corrected chi connectivity index (χ4v) is 19.0. The molecule has 0 bridgehead atoms. The summed E-state index contributed by atoms with van der Waals surface area (Å²) in [6, 6.07) is 28.1. The number of fused-ring (bicyclic) bond motifs is 3. The zero-order chi connectivity index (χ0) is 92.0. The van der Waals surface area contributed by atoms with Gasteiger partial charge in [-0.3, -0.25) is 97.8 Å².